The molecular formula is C12H24N2. The summed E-state index contributed by atoms with van der Waals surface area (Å²) in [5.41, 5.74) is 0. The van der Waals surface area contributed by atoms with Gasteiger partial charge in [0.15, 0.2) is 0 Å². The summed E-state index contributed by atoms with van der Waals surface area (Å²) in [6.45, 7) is 9.88. The molecule has 0 aromatic heterocycles. The molecule has 3 unspecified atom stereocenters. The van der Waals surface area contributed by atoms with Crippen LogP contribution in [0.15, 0.2) is 0 Å². The van der Waals surface area contributed by atoms with E-state index in [0.717, 1.165) is 17.9 Å². The molecule has 1 N–H and O–H groups in total. The second kappa shape index (κ2) is 4.63. The van der Waals surface area contributed by atoms with Crippen molar-refractivity contribution in [2.45, 2.75) is 39.2 Å². The Bertz CT molecular complexity index is 179. The Morgan fingerprint density at radius 2 is 2.07 bits per heavy atom. The predicted octanol–water partition coefficient (Wildman–Crippen LogP) is 1.72. The van der Waals surface area contributed by atoms with Crippen LogP contribution in [-0.2, 0) is 0 Å². The Morgan fingerprint density at radius 1 is 1.29 bits per heavy atom. The number of hydrogen-bond acceptors (Lipinski definition) is 2. The molecule has 2 heteroatoms. The van der Waals surface area contributed by atoms with Gasteiger partial charge in [0, 0.05) is 12.6 Å². The van der Waals surface area contributed by atoms with Crippen LogP contribution in [0.2, 0.25) is 0 Å². The molecule has 0 aliphatic carbocycles. The molecule has 3 atom stereocenters. The number of piperidine rings is 1. The van der Waals surface area contributed by atoms with Crippen LogP contribution in [0.5, 0.6) is 0 Å². The number of hydrogen-bond donors (Lipinski definition) is 1. The van der Waals surface area contributed by atoms with Crippen molar-refractivity contribution in [1.82, 2.24) is 10.2 Å². The van der Waals surface area contributed by atoms with Gasteiger partial charge in [0.05, 0.1) is 0 Å². The second-order valence-corrected chi connectivity index (χ2v) is 5.38. The lowest BCUT2D eigenvalue weighted by molar-refractivity contribution is 0.220. The van der Waals surface area contributed by atoms with Gasteiger partial charge in [-0.25, -0.2) is 0 Å². The maximum Gasteiger partial charge on any atom is 0.0120 e. The Hall–Kier alpha value is -0.0800. The van der Waals surface area contributed by atoms with Gasteiger partial charge < -0.3 is 10.2 Å². The van der Waals surface area contributed by atoms with E-state index in [2.05, 4.69) is 24.1 Å². The molecule has 2 aliphatic rings. The van der Waals surface area contributed by atoms with Crippen molar-refractivity contribution in [3.63, 3.8) is 0 Å². The van der Waals surface area contributed by atoms with E-state index in [9.17, 15) is 0 Å². The third-order valence-electron chi connectivity index (χ3n) is 3.76. The minimum absolute atomic E-state index is 0.826. The molecule has 2 aliphatic heterocycles. The van der Waals surface area contributed by atoms with Crippen LogP contribution in [0.25, 0.3) is 0 Å². The molecule has 2 saturated heterocycles. The molecule has 0 spiro atoms. The van der Waals surface area contributed by atoms with Crippen LogP contribution < -0.4 is 5.32 Å². The number of fused-ring (bicyclic) bond motifs is 2. The summed E-state index contributed by atoms with van der Waals surface area (Å²) in [4.78, 5) is 2.62. The van der Waals surface area contributed by atoms with Crippen LogP contribution in [0.4, 0.5) is 0 Å². The number of rotatable bonds is 4. The standard InChI is InChI=1S/C12H24N2/c1-10(2)3-6-13-12-5-8-14-7-4-11(12)9-14/h10-13H,3-9H2,1-2H3. The molecule has 14 heavy (non-hydrogen) atoms. The van der Waals surface area contributed by atoms with Crippen molar-refractivity contribution >= 4 is 0 Å². The van der Waals surface area contributed by atoms with Gasteiger partial charge in [-0.2, -0.15) is 0 Å². The summed E-state index contributed by atoms with van der Waals surface area (Å²) in [6.07, 6.45) is 4.13. The zero-order chi connectivity index (χ0) is 9.97. The molecule has 2 bridgehead atoms. The fourth-order valence-electron chi connectivity index (χ4n) is 2.78. The lowest BCUT2D eigenvalue weighted by Crippen LogP contribution is -2.44. The normalized spacial score (nSPS) is 36.6. The van der Waals surface area contributed by atoms with Gasteiger partial charge in [0.2, 0.25) is 0 Å². The smallest absolute Gasteiger partial charge is 0.0120 e. The topological polar surface area (TPSA) is 15.3 Å². The van der Waals surface area contributed by atoms with Gasteiger partial charge in [-0.3, -0.25) is 0 Å². The molecule has 2 rings (SSSR count). The van der Waals surface area contributed by atoms with Crippen molar-refractivity contribution in [3.05, 3.63) is 0 Å². The summed E-state index contributed by atoms with van der Waals surface area (Å²) in [5.74, 6) is 1.79. The minimum Gasteiger partial charge on any atom is -0.314 e. The summed E-state index contributed by atoms with van der Waals surface area (Å²) >= 11 is 0. The first-order valence-corrected chi connectivity index (χ1v) is 6.21. The van der Waals surface area contributed by atoms with Gasteiger partial charge in [-0.15, -0.1) is 0 Å². The first-order chi connectivity index (χ1) is 6.75. The lowest BCUT2D eigenvalue weighted by atomic mass is 9.94. The summed E-state index contributed by atoms with van der Waals surface area (Å²) in [7, 11) is 0. The monoisotopic (exact) mass is 196 g/mol. The van der Waals surface area contributed by atoms with Crippen LogP contribution >= 0.6 is 0 Å². The van der Waals surface area contributed by atoms with Crippen molar-refractivity contribution in [1.29, 1.82) is 0 Å². The lowest BCUT2D eigenvalue weighted by Gasteiger charge is -2.31. The molecule has 2 fully saturated rings. The predicted molar refractivity (Wildman–Crippen MR) is 60.4 cm³/mol. The van der Waals surface area contributed by atoms with E-state index in [1.54, 1.807) is 0 Å². The molecular weight excluding hydrogens is 172 g/mol. The highest BCUT2D eigenvalue weighted by Gasteiger charge is 2.33. The average molecular weight is 196 g/mol. The fraction of sp³-hybridized carbons (Fsp3) is 1.00. The van der Waals surface area contributed by atoms with Crippen molar-refractivity contribution in [2.24, 2.45) is 11.8 Å². The zero-order valence-electron chi connectivity index (χ0n) is 9.63. The summed E-state index contributed by atoms with van der Waals surface area (Å²) in [6, 6.07) is 0.826. The van der Waals surface area contributed by atoms with Crippen LogP contribution in [0, 0.1) is 11.8 Å². The van der Waals surface area contributed by atoms with Crippen LogP contribution in [0.3, 0.4) is 0 Å². The maximum atomic E-state index is 3.75. The molecule has 0 amide bonds. The molecule has 2 nitrogen and oxygen atoms in total. The van der Waals surface area contributed by atoms with E-state index in [4.69, 9.17) is 0 Å². The highest BCUT2D eigenvalue weighted by Crippen LogP contribution is 2.26. The van der Waals surface area contributed by atoms with Gasteiger partial charge >= 0.3 is 0 Å². The van der Waals surface area contributed by atoms with Gasteiger partial charge in [0.25, 0.3) is 0 Å². The number of nitrogens with zero attached hydrogens (tertiary/aromatic N) is 1. The van der Waals surface area contributed by atoms with Crippen molar-refractivity contribution < 1.29 is 0 Å². The van der Waals surface area contributed by atoms with E-state index in [0.29, 0.717) is 0 Å². The quantitative estimate of drug-likeness (QED) is 0.736. The largest absolute Gasteiger partial charge is 0.314 e. The highest BCUT2D eigenvalue weighted by molar-refractivity contribution is 4.90. The molecule has 82 valence electrons. The van der Waals surface area contributed by atoms with Crippen LogP contribution in [0.1, 0.15) is 33.1 Å². The van der Waals surface area contributed by atoms with Crippen LogP contribution in [-0.4, -0.2) is 37.1 Å². The Kier molecular flexibility index (Phi) is 3.45. The van der Waals surface area contributed by atoms with E-state index < -0.39 is 0 Å². The Balaban J connectivity index is 1.70. The first-order valence-electron chi connectivity index (χ1n) is 6.21. The maximum absolute atomic E-state index is 3.75. The van der Waals surface area contributed by atoms with Crippen molar-refractivity contribution in [2.75, 3.05) is 26.2 Å². The first kappa shape index (κ1) is 10.4. The Morgan fingerprint density at radius 3 is 2.86 bits per heavy atom. The highest BCUT2D eigenvalue weighted by atomic mass is 15.2. The zero-order valence-corrected chi connectivity index (χ0v) is 9.63. The third kappa shape index (κ3) is 2.48. The van der Waals surface area contributed by atoms with Gasteiger partial charge in [-0.1, -0.05) is 13.8 Å². The molecule has 0 aromatic carbocycles. The minimum atomic E-state index is 0.826. The van der Waals surface area contributed by atoms with Crippen molar-refractivity contribution in [3.8, 4) is 0 Å². The molecule has 0 radical (unpaired) electrons. The second-order valence-electron chi connectivity index (χ2n) is 5.38. The Labute approximate surface area is 88.1 Å². The fourth-order valence-corrected chi connectivity index (χ4v) is 2.78. The number of nitrogens with one attached hydrogen (secondary N) is 1. The summed E-state index contributed by atoms with van der Waals surface area (Å²) < 4.78 is 0. The summed E-state index contributed by atoms with van der Waals surface area (Å²) in [5, 5.41) is 3.75. The van der Waals surface area contributed by atoms with E-state index in [1.807, 2.05) is 0 Å². The molecule has 0 aromatic rings. The molecule has 2 heterocycles. The third-order valence-corrected chi connectivity index (χ3v) is 3.76. The SMILES string of the molecule is CC(C)CCNC1CCN2CCC1C2. The molecule has 0 saturated carbocycles. The van der Waals surface area contributed by atoms with E-state index in [-0.39, 0.29) is 0 Å². The van der Waals surface area contributed by atoms with E-state index in [1.165, 1.54) is 45.4 Å². The van der Waals surface area contributed by atoms with E-state index >= 15 is 0 Å². The van der Waals surface area contributed by atoms with Gasteiger partial charge in [-0.05, 0) is 50.7 Å². The average Bonchev–Trinajstić information content (AvgIpc) is 2.52. The van der Waals surface area contributed by atoms with Gasteiger partial charge in [0.1, 0.15) is 0 Å².